The fourth-order valence-corrected chi connectivity index (χ4v) is 5.82. The molecule has 3 rings (SSSR count). The third kappa shape index (κ3) is 5.32. The molecule has 0 fully saturated rings. The maximum absolute atomic E-state index is 12.8. The summed E-state index contributed by atoms with van der Waals surface area (Å²) in [6.07, 6.45) is 2.98. The van der Waals surface area contributed by atoms with Gasteiger partial charge in [0.1, 0.15) is 0 Å². The van der Waals surface area contributed by atoms with E-state index in [1.54, 1.807) is 44.2 Å². The van der Waals surface area contributed by atoms with E-state index in [4.69, 9.17) is 14.2 Å². The number of carbonyl (C=O) groups is 1. The maximum Gasteiger partial charge on any atom is 0.250 e. The van der Waals surface area contributed by atoms with E-state index in [9.17, 15) is 13.2 Å². The smallest absolute Gasteiger partial charge is 0.250 e. The number of hydrogen-bond acceptors (Lipinski definition) is 8. The van der Waals surface area contributed by atoms with Crippen molar-refractivity contribution in [2.24, 2.45) is 0 Å². The summed E-state index contributed by atoms with van der Waals surface area (Å²) in [5.41, 5.74) is 1.28. The second-order valence-electron chi connectivity index (χ2n) is 7.02. The Hall–Kier alpha value is -3.15. The number of carbonyl (C=O) groups excluding carboxylic acids is 1. The van der Waals surface area contributed by atoms with Gasteiger partial charge in [-0.3, -0.25) is 10.1 Å². The number of amides is 1. The van der Waals surface area contributed by atoms with Crippen LogP contribution in [0.2, 0.25) is 0 Å². The van der Waals surface area contributed by atoms with E-state index in [1.165, 1.54) is 49.1 Å². The molecule has 3 aromatic rings. The van der Waals surface area contributed by atoms with Crippen LogP contribution in [-0.2, 0) is 14.8 Å². The van der Waals surface area contributed by atoms with Gasteiger partial charge in [-0.25, -0.2) is 13.4 Å². The zero-order chi connectivity index (χ0) is 24.9. The lowest BCUT2D eigenvalue weighted by Gasteiger charge is -2.18. The van der Waals surface area contributed by atoms with Gasteiger partial charge in [-0.15, -0.1) is 0 Å². The van der Waals surface area contributed by atoms with Gasteiger partial charge in [0, 0.05) is 19.2 Å². The number of nitrogens with one attached hydrogen (secondary N) is 1. The molecule has 0 spiro atoms. The Kier molecular flexibility index (Phi) is 8.13. The van der Waals surface area contributed by atoms with Crippen LogP contribution in [0.25, 0.3) is 16.3 Å². The van der Waals surface area contributed by atoms with Gasteiger partial charge in [0.25, 0.3) is 0 Å². The third-order valence-electron chi connectivity index (χ3n) is 5.05. The number of methoxy groups -OCH3 is 3. The lowest BCUT2D eigenvalue weighted by molar-refractivity contribution is -0.111. The first-order chi connectivity index (χ1) is 16.3. The van der Waals surface area contributed by atoms with Crippen LogP contribution in [0.5, 0.6) is 17.2 Å². The minimum absolute atomic E-state index is 0.201. The summed E-state index contributed by atoms with van der Waals surface area (Å²) >= 11 is 1.21. The van der Waals surface area contributed by atoms with Crippen molar-refractivity contribution in [3.8, 4) is 17.2 Å². The van der Waals surface area contributed by atoms with Gasteiger partial charge < -0.3 is 14.2 Å². The molecule has 0 saturated carbocycles. The Morgan fingerprint density at radius 2 is 1.71 bits per heavy atom. The average Bonchev–Trinajstić information content (AvgIpc) is 3.23. The van der Waals surface area contributed by atoms with Crippen molar-refractivity contribution in [3.05, 3.63) is 42.0 Å². The molecule has 0 aliphatic heterocycles. The second-order valence-corrected chi connectivity index (χ2v) is 9.99. The highest BCUT2D eigenvalue weighted by Gasteiger charge is 2.22. The third-order valence-corrected chi connectivity index (χ3v) is 8.03. The lowest BCUT2D eigenvalue weighted by atomic mass is 10.1. The van der Waals surface area contributed by atoms with Gasteiger partial charge in [-0.1, -0.05) is 25.2 Å². The number of rotatable bonds is 10. The second kappa shape index (κ2) is 10.9. The van der Waals surface area contributed by atoms with Crippen LogP contribution >= 0.6 is 11.3 Å². The molecule has 0 atom stereocenters. The summed E-state index contributed by atoms with van der Waals surface area (Å²) < 4.78 is 43.6. The van der Waals surface area contributed by atoms with E-state index in [0.717, 1.165) is 0 Å². The van der Waals surface area contributed by atoms with Crippen molar-refractivity contribution in [1.29, 1.82) is 0 Å². The molecule has 0 aliphatic rings. The zero-order valence-electron chi connectivity index (χ0n) is 19.6. The summed E-state index contributed by atoms with van der Waals surface area (Å²) in [6, 6.07) is 8.21. The SMILES string of the molecule is CCN(CC)S(=O)(=O)c1ccc2nc(NC(=O)C=Cc3cc(OC)c(OC)c(OC)c3)sc2c1. The Balaban J connectivity index is 1.80. The first-order valence-electron chi connectivity index (χ1n) is 10.5. The highest BCUT2D eigenvalue weighted by atomic mass is 32.2. The highest BCUT2D eigenvalue weighted by molar-refractivity contribution is 7.89. The minimum Gasteiger partial charge on any atom is -0.493 e. The van der Waals surface area contributed by atoms with E-state index in [2.05, 4.69) is 10.3 Å². The molecule has 0 radical (unpaired) electrons. The number of aromatic nitrogens is 1. The van der Waals surface area contributed by atoms with Crippen LogP contribution in [-0.4, -0.2) is 58.0 Å². The molecule has 0 aliphatic carbocycles. The number of sulfonamides is 1. The topological polar surface area (TPSA) is 107 Å². The zero-order valence-corrected chi connectivity index (χ0v) is 21.2. The molecule has 1 amide bonds. The normalized spacial score (nSPS) is 11.8. The van der Waals surface area contributed by atoms with Crippen LogP contribution in [0, 0.1) is 0 Å². The van der Waals surface area contributed by atoms with E-state index in [0.29, 0.717) is 51.2 Å². The predicted molar refractivity (Wildman–Crippen MR) is 133 cm³/mol. The molecule has 1 aromatic heterocycles. The molecule has 1 heterocycles. The number of hydrogen-bond donors (Lipinski definition) is 1. The van der Waals surface area contributed by atoms with E-state index in [-0.39, 0.29) is 10.8 Å². The summed E-state index contributed by atoms with van der Waals surface area (Å²) in [5, 5.41) is 3.09. The van der Waals surface area contributed by atoms with Crippen LogP contribution in [0.15, 0.2) is 41.3 Å². The molecular weight excluding hydrogens is 478 g/mol. The van der Waals surface area contributed by atoms with Crippen LogP contribution in [0.1, 0.15) is 19.4 Å². The molecule has 34 heavy (non-hydrogen) atoms. The molecule has 0 unspecified atom stereocenters. The summed E-state index contributed by atoms with van der Waals surface area (Å²) in [6.45, 7) is 4.37. The number of benzene rings is 2. The monoisotopic (exact) mass is 505 g/mol. The Bertz CT molecular complexity index is 1290. The Morgan fingerprint density at radius 3 is 2.26 bits per heavy atom. The lowest BCUT2D eigenvalue weighted by Crippen LogP contribution is -2.30. The fourth-order valence-electron chi connectivity index (χ4n) is 3.35. The van der Waals surface area contributed by atoms with Crippen molar-refractivity contribution in [2.45, 2.75) is 18.7 Å². The predicted octanol–water partition coefficient (Wildman–Crippen LogP) is 4.00. The largest absolute Gasteiger partial charge is 0.493 e. The Morgan fingerprint density at radius 1 is 1.06 bits per heavy atom. The molecular formula is C23H27N3O6S2. The van der Waals surface area contributed by atoms with E-state index < -0.39 is 10.0 Å². The van der Waals surface area contributed by atoms with Gasteiger partial charge in [0.15, 0.2) is 16.6 Å². The van der Waals surface area contributed by atoms with Crippen LogP contribution in [0.4, 0.5) is 5.13 Å². The van der Waals surface area contributed by atoms with Crippen molar-refractivity contribution in [2.75, 3.05) is 39.7 Å². The maximum atomic E-state index is 12.8. The van der Waals surface area contributed by atoms with Crippen molar-refractivity contribution >= 4 is 48.7 Å². The quantitative estimate of drug-likeness (QED) is 0.415. The van der Waals surface area contributed by atoms with Crippen molar-refractivity contribution in [3.63, 3.8) is 0 Å². The molecule has 182 valence electrons. The molecule has 0 bridgehead atoms. The van der Waals surface area contributed by atoms with Crippen molar-refractivity contribution in [1.82, 2.24) is 9.29 Å². The van der Waals surface area contributed by atoms with Gasteiger partial charge >= 0.3 is 0 Å². The summed E-state index contributed by atoms with van der Waals surface area (Å²) in [5.74, 6) is 1.03. The Labute approximate surface area is 203 Å². The van der Waals surface area contributed by atoms with Gasteiger partial charge in [-0.05, 0) is 42.0 Å². The highest BCUT2D eigenvalue weighted by Crippen LogP contribution is 2.38. The summed E-state index contributed by atoms with van der Waals surface area (Å²) in [7, 11) is 0.973. The van der Waals surface area contributed by atoms with Crippen molar-refractivity contribution < 1.29 is 27.4 Å². The van der Waals surface area contributed by atoms with Crippen LogP contribution in [0.3, 0.4) is 0 Å². The molecule has 11 heteroatoms. The number of ether oxygens (including phenoxy) is 3. The van der Waals surface area contributed by atoms with E-state index >= 15 is 0 Å². The first-order valence-corrected chi connectivity index (χ1v) is 12.7. The van der Waals surface area contributed by atoms with E-state index in [1.807, 2.05) is 0 Å². The molecule has 1 N–H and O–H groups in total. The van der Waals surface area contributed by atoms with Gasteiger partial charge in [-0.2, -0.15) is 4.31 Å². The number of fused-ring (bicyclic) bond motifs is 1. The molecule has 9 nitrogen and oxygen atoms in total. The van der Waals surface area contributed by atoms with Gasteiger partial charge in [0.05, 0.1) is 36.4 Å². The standard InChI is InChI=1S/C23H27N3O6S2/c1-6-26(7-2)34(28,29)16-9-10-17-20(14-16)33-23(24-17)25-21(27)11-8-15-12-18(30-3)22(32-5)19(13-15)31-4/h8-14H,6-7H2,1-5H3,(H,24,25,27). The minimum atomic E-state index is -3.58. The average molecular weight is 506 g/mol. The molecule has 2 aromatic carbocycles. The number of nitrogens with zero attached hydrogens (tertiary/aromatic N) is 2. The molecule has 0 saturated heterocycles. The fraction of sp³-hybridized carbons (Fsp3) is 0.304. The van der Waals surface area contributed by atoms with Gasteiger partial charge in [0.2, 0.25) is 21.7 Å². The number of thiazole rings is 1. The summed E-state index contributed by atoms with van der Waals surface area (Å²) in [4.78, 5) is 17.0. The van der Waals surface area contributed by atoms with Crippen LogP contribution < -0.4 is 19.5 Å². The first kappa shape index (κ1) is 25.5. The number of anilines is 1.